The molecule has 1 saturated heterocycles. The van der Waals surface area contributed by atoms with E-state index in [1.54, 1.807) is 21.1 Å². The van der Waals surface area contributed by atoms with Crippen LogP contribution in [0.1, 0.15) is 67.2 Å². The summed E-state index contributed by atoms with van der Waals surface area (Å²) in [5, 5.41) is 0. The smallest absolute Gasteiger partial charge is 0.337 e. The van der Waals surface area contributed by atoms with Crippen LogP contribution in [-0.4, -0.2) is 65.0 Å². The molecule has 2 fully saturated rings. The Morgan fingerprint density at radius 3 is 2.06 bits per heavy atom. The van der Waals surface area contributed by atoms with Crippen molar-refractivity contribution >= 4 is 14.3 Å². The molecule has 2 rings (SSSR count). The van der Waals surface area contributed by atoms with Crippen LogP contribution >= 0.6 is 0 Å². The van der Waals surface area contributed by atoms with Gasteiger partial charge in [-0.1, -0.05) is 40.2 Å². The van der Waals surface area contributed by atoms with Crippen molar-refractivity contribution in [2.45, 2.75) is 115 Å². The second-order valence-electron chi connectivity index (χ2n) is 9.27. The Balaban J connectivity index is 2.58. The lowest BCUT2D eigenvalue weighted by Gasteiger charge is -2.56. The first-order valence-corrected chi connectivity index (χ1v) is 14.5. The predicted octanol–water partition coefficient (Wildman–Crippen LogP) is 4.95. The van der Waals surface area contributed by atoms with E-state index in [0.29, 0.717) is 12.8 Å². The summed E-state index contributed by atoms with van der Waals surface area (Å²) in [6, 6.07) is 2.82. The minimum absolute atomic E-state index is 0.339. The fourth-order valence-electron chi connectivity index (χ4n) is 5.00. The number of fused-ring (bicyclic) bond motifs is 1. The molecular weight excluding hydrogens is 428 g/mol. The number of carbonyl (C=O) groups excluding carboxylic acids is 1. The highest BCUT2D eigenvalue weighted by molar-refractivity contribution is 6.73. The lowest BCUT2D eigenvalue weighted by atomic mass is 9.76. The van der Waals surface area contributed by atoms with Crippen molar-refractivity contribution in [3.8, 4) is 0 Å². The van der Waals surface area contributed by atoms with Gasteiger partial charge in [0.25, 0.3) is 0 Å². The zero-order valence-corrected chi connectivity index (χ0v) is 22.5. The van der Waals surface area contributed by atoms with E-state index in [1.807, 2.05) is 6.92 Å². The largest absolute Gasteiger partial charge is 0.467 e. The molecule has 0 N–H and O–H groups in total. The Morgan fingerprint density at radius 2 is 1.59 bits per heavy atom. The maximum Gasteiger partial charge on any atom is 0.337 e. The van der Waals surface area contributed by atoms with Gasteiger partial charge in [-0.05, 0) is 44.0 Å². The molecule has 7 nitrogen and oxygen atoms in total. The molecule has 1 aliphatic carbocycles. The van der Waals surface area contributed by atoms with E-state index in [9.17, 15) is 4.79 Å². The Hall–Kier alpha value is -0.773. The van der Waals surface area contributed by atoms with Crippen LogP contribution in [0.15, 0.2) is 11.6 Å². The Kier molecular flexibility index (Phi) is 9.15. The standard InChI is InChI=1S/C24H44O7Si/c1-10-14-15-18-16-24(21(25)26-7,31-32(11-2,12-3)13-4)17-19-20(18)30-23(6,28-9)22(5,27-8)29-19/h15,19-20H,10-14,16-17H2,1-9H3/b18-15+/t19-,20-,22?,23?,24+/m1/s1. The quantitative estimate of drug-likeness (QED) is 0.253. The van der Waals surface area contributed by atoms with Crippen LogP contribution in [0.5, 0.6) is 0 Å². The molecule has 32 heavy (non-hydrogen) atoms. The number of methoxy groups -OCH3 is 3. The fourth-order valence-corrected chi connectivity index (χ4v) is 8.00. The van der Waals surface area contributed by atoms with Gasteiger partial charge in [-0.25, -0.2) is 4.79 Å². The van der Waals surface area contributed by atoms with Crippen molar-refractivity contribution in [1.29, 1.82) is 0 Å². The summed E-state index contributed by atoms with van der Waals surface area (Å²) in [7, 11) is 2.46. The lowest BCUT2D eigenvalue weighted by Crippen LogP contribution is -2.69. The number of ether oxygens (including phenoxy) is 5. The Morgan fingerprint density at radius 1 is 1.03 bits per heavy atom. The second kappa shape index (κ2) is 10.7. The first-order valence-electron chi connectivity index (χ1n) is 12.0. The SMILES string of the molecule is CCC/C=C1\C[C@@](O[Si](CC)(CC)CC)(C(=O)OC)C[C@H]2OC(C)(OC)C(C)(OC)O[C@H]12. The molecule has 1 saturated carbocycles. The van der Waals surface area contributed by atoms with E-state index in [1.165, 1.54) is 7.11 Å². The second-order valence-corrected chi connectivity index (χ2v) is 14.0. The van der Waals surface area contributed by atoms with Gasteiger partial charge in [0, 0.05) is 27.1 Å². The van der Waals surface area contributed by atoms with E-state index in [0.717, 1.165) is 36.5 Å². The van der Waals surface area contributed by atoms with Crippen LogP contribution in [-0.2, 0) is 32.9 Å². The molecule has 0 radical (unpaired) electrons. The third-order valence-electron chi connectivity index (χ3n) is 7.65. The van der Waals surface area contributed by atoms with Gasteiger partial charge in [0.05, 0.1) is 13.2 Å². The number of esters is 1. The minimum Gasteiger partial charge on any atom is -0.467 e. The number of carbonyl (C=O) groups is 1. The summed E-state index contributed by atoms with van der Waals surface area (Å²) in [6.45, 7) is 12.2. The third-order valence-corrected chi connectivity index (χ3v) is 12.3. The van der Waals surface area contributed by atoms with Gasteiger partial charge in [0.1, 0.15) is 6.10 Å². The molecule has 0 aromatic carbocycles. The highest BCUT2D eigenvalue weighted by atomic mass is 28.4. The topological polar surface area (TPSA) is 72.5 Å². The van der Waals surface area contributed by atoms with Crippen LogP contribution in [0, 0.1) is 0 Å². The summed E-state index contributed by atoms with van der Waals surface area (Å²) in [5.41, 5.74) is -0.0936. The molecule has 0 spiro atoms. The van der Waals surface area contributed by atoms with E-state index in [-0.39, 0.29) is 12.1 Å². The van der Waals surface area contributed by atoms with Crippen molar-refractivity contribution < 1.29 is 32.9 Å². The monoisotopic (exact) mass is 472 g/mol. The van der Waals surface area contributed by atoms with Crippen molar-refractivity contribution in [3.63, 3.8) is 0 Å². The van der Waals surface area contributed by atoms with Crippen molar-refractivity contribution in [2.75, 3.05) is 21.3 Å². The zero-order valence-electron chi connectivity index (χ0n) is 21.5. The van der Waals surface area contributed by atoms with Gasteiger partial charge in [-0.3, -0.25) is 0 Å². The highest BCUT2D eigenvalue weighted by Crippen LogP contribution is 2.49. The van der Waals surface area contributed by atoms with Gasteiger partial charge in [-0.2, -0.15) is 0 Å². The summed E-state index contributed by atoms with van der Waals surface area (Å²) in [4.78, 5) is 13.3. The zero-order chi connectivity index (χ0) is 24.2. The van der Waals surface area contributed by atoms with Crippen LogP contribution < -0.4 is 0 Å². The number of unbranched alkanes of at least 4 members (excludes halogenated alkanes) is 1. The van der Waals surface area contributed by atoms with Gasteiger partial charge < -0.3 is 28.1 Å². The lowest BCUT2D eigenvalue weighted by molar-refractivity contribution is -0.448. The van der Waals surface area contributed by atoms with Crippen LogP contribution in [0.25, 0.3) is 0 Å². The summed E-state index contributed by atoms with van der Waals surface area (Å²) in [5.74, 6) is -2.59. The molecule has 186 valence electrons. The first kappa shape index (κ1) is 27.5. The fraction of sp³-hybridized carbons (Fsp3) is 0.875. The Labute approximate surface area is 195 Å². The number of allylic oxidation sites excluding steroid dienone is 1. The third kappa shape index (κ3) is 4.86. The number of hydrogen-bond donors (Lipinski definition) is 0. The molecule has 0 aromatic rings. The number of hydrogen-bond acceptors (Lipinski definition) is 7. The maximum atomic E-state index is 13.3. The summed E-state index contributed by atoms with van der Waals surface area (Å²) >= 11 is 0. The van der Waals surface area contributed by atoms with E-state index in [2.05, 4.69) is 33.8 Å². The normalized spacial score (nSPS) is 36.7. The average Bonchev–Trinajstić information content (AvgIpc) is 2.81. The molecule has 2 aliphatic rings. The highest BCUT2D eigenvalue weighted by Gasteiger charge is 2.62. The summed E-state index contributed by atoms with van der Waals surface area (Å²) in [6.07, 6.45) is 4.03. The molecular formula is C24H44O7Si. The molecule has 1 aliphatic heterocycles. The molecule has 0 aromatic heterocycles. The van der Waals surface area contributed by atoms with E-state index in [4.69, 9.17) is 28.1 Å². The van der Waals surface area contributed by atoms with Crippen molar-refractivity contribution in [3.05, 3.63) is 11.6 Å². The number of rotatable bonds is 10. The average molecular weight is 473 g/mol. The Bertz CT molecular complexity index is 671. The van der Waals surface area contributed by atoms with Crippen LogP contribution in [0.3, 0.4) is 0 Å². The predicted molar refractivity (Wildman–Crippen MR) is 126 cm³/mol. The first-order chi connectivity index (χ1) is 15.1. The van der Waals surface area contributed by atoms with Crippen LogP contribution in [0.4, 0.5) is 0 Å². The molecule has 1 heterocycles. The van der Waals surface area contributed by atoms with E-state index < -0.39 is 31.6 Å². The van der Waals surface area contributed by atoms with E-state index >= 15 is 0 Å². The maximum absolute atomic E-state index is 13.3. The summed E-state index contributed by atoms with van der Waals surface area (Å²) < 4.78 is 36.7. The minimum atomic E-state index is -2.13. The van der Waals surface area contributed by atoms with Crippen molar-refractivity contribution in [1.82, 2.24) is 0 Å². The molecule has 2 unspecified atom stereocenters. The molecule has 0 bridgehead atoms. The van der Waals surface area contributed by atoms with Crippen molar-refractivity contribution in [2.24, 2.45) is 0 Å². The van der Waals surface area contributed by atoms with Crippen LogP contribution in [0.2, 0.25) is 18.1 Å². The van der Waals surface area contributed by atoms with Gasteiger partial charge in [0.15, 0.2) is 13.9 Å². The van der Waals surface area contributed by atoms with Gasteiger partial charge in [0.2, 0.25) is 11.6 Å². The molecule has 8 heteroatoms. The van der Waals surface area contributed by atoms with Gasteiger partial charge in [-0.15, -0.1) is 0 Å². The molecule has 5 atom stereocenters. The van der Waals surface area contributed by atoms with Gasteiger partial charge >= 0.3 is 5.97 Å². The molecule has 0 amide bonds.